The van der Waals surface area contributed by atoms with Crippen LogP contribution in [0.15, 0.2) is 18.2 Å². The zero-order valence-electron chi connectivity index (χ0n) is 9.84. The third-order valence-electron chi connectivity index (χ3n) is 2.55. The standard InChI is InChI=1S/C11H14N2O4S/c1-18(15,16)6-8(12)7-2-3-10-9(4-7)13-11(14)5-17-10/h2-4,8H,5-6,12H2,1H3,(H,13,14). The molecule has 1 aromatic carbocycles. The van der Waals surface area contributed by atoms with Crippen LogP contribution in [0.25, 0.3) is 0 Å². The number of anilines is 1. The Morgan fingerprint density at radius 2 is 2.22 bits per heavy atom. The van der Waals surface area contributed by atoms with Crippen molar-refractivity contribution in [3.05, 3.63) is 23.8 Å². The Kier molecular flexibility index (Phi) is 3.27. The highest BCUT2D eigenvalue weighted by Gasteiger charge is 2.19. The van der Waals surface area contributed by atoms with Gasteiger partial charge in [0, 0.05) is 12.3 Å². The van der Waals surface area contributed by atoms with Crippen molar-refractivity contribution in [2.24, 2.45) is 5.73 Å². The van der Waals surface area contributed by atoms with E-state index in [1.54, 1.807) is 18.2 Å². The van der Waals surface area contributed by atoms with Crippen molar-refractivity contribution < 1.29 is 17.9 Å². The maximum atomic E-state index is 11.2. The van der Waals surface area contributed by atoms with Gasteiger partial charge < -0.3 is 15.8 Å². The van der Waals surface area contributed by atoms with Gasteiger partial charge in [-0.25, -0.2) is 8.42 Å². The van der Waals surface area contributed by atoms with Crippen molar-refractivity contribution in [2.75, 3.05) is 23.9 Å². The molecule has 1 aliphatic rings. The number of amides is 1. The third kappa shape index (κ3) is 2.99. The average molecular weight is 270 g/mol. The number of nitrogens with two attached hydrogens (primary N) is 1. The van der Waals surface area contributed by atoms with E-state index >= 15 is 0 Å². The number of hydrogen-bond donors (Lipinski definition) is 2. The van der Waals surface area contributed by atoms with Crippen molar-refractivity contribution in [3.63, 3.8) is 0 Å². The summed E-state index contributed by atoms with van der Waals surface area (Å²) in [5.41, 5.74) is 6.98. The van der Waals surface area contributed by atoms with Crippen LogP contribution in [0.5, 0.6) is 5.75 Å². The first-order valence-corrected chi connectivity index (χ1v) is 7.41. The quantitative estimate of drug-likeness (QED) is 0.809. The van der Waals surface area contributed by atoms with Crippen LogP contribution in [-0.2, 0) is 14.6 Å². The molecular weight excluding hydrogens is 256 g/mol. The van der Waals surface area contributed by atoms with Gasteiger partial charge in [-0.05, 0) is 17.7 Å². The van der Waals surface area contributed by atoms with Crippen LogP contribution in [0, 0.1) is 0 Å². The second-order valence-electron chi connectivity index (χ2n) is 4.29. The molecule has 3 N–H and O–H groups in total. The maximum Gasteiger partial charge on any atom is 0.262 e. The molecule has 6 nitrogen and oxygen atoms in total. The molecule has 0 fully saturated rings. The number of sulfone groups is 1. The van der Waals surface area contributed by atoms with Crippen molar-refractivity contribution in [2.45, 2.75) is 6.04 Å². The monoisotopic (exact) mass is 270 g/mol. The Hall–Kier alpha value is -1.60. The molecule has 0 aromatic heterocycles. The predicted octanol–water partition coefficient (Wildman–Crippen LogP) is 0.0619. The molecule has 2 rings (SSSR count). The molecule has 7 heteroatoms. The Labute approximate surface area is 105 Å². The highest BCUT2D eigenvalue weighted by atomic mass is 32.2. The fourth-order valence-electron chi connectivity index (χ4n) is 1.75. The first kappa shape index (κ1) is 12.8. The van der Waals surface area contributed by atoms with Crippen LogP contribution in [0.4, 0.5) is 5.69 Å². The fraction of sp³-hybridized carbons (Fsp3) is 0.364. The van der Waals surface area contributed by atoms with E-state index in [-0.39, 0.29) is 18.3 Å². The molecule has 0 spiro atoms. The number of hydrogen-bond acceptors (Lipinski definition) is 5. The van der Waals surface area contributed by atoms with E-state index in [0.29, 0.717) is 17.0 Å². The Morgan fingerprint density at radius 1 is 1.50 bits per heavy atom. The lowest BCUT2D eigenvalue weighted by atomic mass is 10.1. The van der Waals surface area contributed by atoms with Crippen molar-refractivity contribution >= 4 is 21.4 Å². The van der Waals surface area contributed by atoms with Crippen LogP contribution in [0.2, 0.25) is 0 Å². The van der Waals surface area contributed by atoms with Gasteiger partial charge in [-0.15, -0.1) is 0 Å². The van der Waals surface area contributed by atoms with Gasteiger partial charge in [0.15, 0.2) is 6.61 Å². The molecule has 18 heavy (non-hydrogen) atoms. The van der Waals surface area contributed by atoms with Crippen molar-refractivity contribution in [1.29, 1.82) is 0 Å². The lowest BCUT2D eigenvalue weighted by Gasteiger charge is -2.20. The van der Waals surface area contributed by atoms with Crippen LogP contribution >= 0.6 is 0 Å². The summed E-state index contributed by atoms with van der Waals surface area (Å²) < 4.78 is 27.6. The molecule has 0 saturated carbocycles. The summed E-state index contributed by atoms with van der Waals surface area (Å²) in [6, 6.07) is 4.39. The van der Waals surface area contributed by atoms with Crippen LogP contribution in [0.3, 0.4) is 0 Å². The first-order valence-electron chi connectivity index (χ1n) is 5.35. The molecule has 98 valence electrons. The van der Waals surface area contributed by atoms with Gasteiger partial charge in [0.05, 0.1) is 11.4 Å². The lowest BCUT2D eigenvalue weighted by Crippen LogP contribution is -2.26. The molecule has 0 aliphatic carbocycles. The van der Waals surface area contributed by atoms with E-state index in [0.717, 1.165) is 6.26 Å². The van der Waals surface area contributed by atoms with Gasteiger partial charge in [-0.3, -0.25) is 4.79 Å². The van der Waals surface area contributed by atoms with Gasteiger partial charge in [-0.2, -0.15) is 0 Å². The highest BCUT2D eigenvalue weighted by Crippen LogP contribution is 2.30. The SMILES string of the molecule is CS(=O)(=O)CC(N)c1ccc2c(c1)NC(=O)CO2. The smallest absolute Gasteiger partial charge is 0.262 e. The van der Waals surface area contributed by atoms with Crippen LogP contribution in [0.1, 0.15) is 11.6 Å². The van der Waals surface area contributed by atoms with Gasteiger partial charge >= 0.3 is 0 Å². The average Bonchev–Trinajstić information content (AvgIpc) is 2.25. The topological polar surface area (TPSA) is 98.5 Å². The third-order valence-corrected chi connectivity index (χ3v) is 3.51. The zero-order valence-corrected chi connectivity index (χ0v) is 10.7. The first-order chi connectivity index (χ1) is 8.35. The second kappa shape index (κ2) is 4.58. The van der Waals surface area contributed by atoms with E-state index in [2.05, 4.69) is 5.32 Å². The minimum atomic E-state index is -3.15. The summed E-state index contributed by atoms with van der Waals surface area (Å²) in [7, 11) is -3.15. The summed E-state index contributed by atoms with van der Waals surface area (Å²) in [6.45, 7) is -0.0122. The molecule has 1 atom stereocenters. The van der Waals surface area contributed by atoms with E-state index in [9.17, 15) is 13.2 Å². The summed E-state index contributed by atoms with van der Waals surface area (Å²) in [5, 5.41) is 2.65. The summed E-state index contributed by atoms with van der Waals surface area (Å²) in [6.07, 6.45) is 1.14. The molecule has 1 aromatic rings. The highest BCUT2D eigenvalue weighted by molar-refractivity contribution is 7.90. The van der Waals surface area contributed by atoms with E-state index in [1.807, 2.05) is 0 Å². The molecular formula is C11H14N2O4S. The Bertz CT molecular complexity index is 583. The predicted molar refractivity (Wildman–Crippen MR) is 67.2 cm³/mol. The number of benzene rings is 1. The summed E-state index contributed by atoms with van der Waals surface area (Å²) >= 11 is 0. The molecule has 0 bridgehead atoms. The normalized spacial score (nSPS) is 16.4. The summed E-state index contributed by atoms with van der Waals surface area (Å²) in [4.78, 5) is 11.2. The maximum absolute atomic E-state index is 11.2. The minimum absolute atomic E-state index is 0.0122. The fourth-order valence-corrected chi connectivity index (χ4v) is 2.60. The zero-order chi connectivity index (χ0) is 13.3. The van der Waals surface area contributed by atoms with Gasteiger partial charge in [0.1, 0.15) is 15.6 Å². The van der Waals surface area contributed by atoms with Gasteiger partial charge in [0.2, 0.25) is 0 Å². The summed E-state index contributed by atoms with van der Waals surface area (Å²) in [5.74, 6) is 0.182. The molecule has 1 aliphatic heterocycles. The molecule has 0 saturated heterocycles. The van der Waals surface area contributed by atoms with E-state index in [4.69, 9.17) is 10.5 Å². The molecule has 1 unspecified atom stereocenters. The molecule has 1 heterocycles. The molecule has 0 radical (unpaired) electrons. The molecule has 1 amide bonds. The number of ether oxygens (including phenoxy) is 1. The number of rotatable bonds is 3. The minimum Gasteiger partial charge on any atom is -0.482 e. The Balaban J connectivity index is 2.25. The van der Waals surface area contributed by atoms with Crippen LogP contribution in [-0.4, -0.2) is 32.9 Å². The number of fused-ring (bicyclic) bond motifs is 1. The lowest BCUT2D eigenvalue weighted by molar-refractivity contribution is -0.118. The largest absolute Gasteiger partial charge is 0.482 e. The van der Waals surface area contributed by atoms with E-state index in [1.165, 1.54) is 0 Å². The van der Waals surface area contributed by atoms with Gasteiger partial charge in [0.25, 0.3) is 5.91 Å². The Morgan fingerprint density at radius 3 is 2.89 bits per heavy atom. The van der Waals surface area contributed by atoms with Crippen molar-refractivity contribution in [3.8, 4) is 5.75 Å². The second-order valence-corrected chi connectivity index (χ2v) is 6.48. The number of carbonyl (C=O) groups is 1. The number of carbonyl (C=O) groups excluding carboxylic acids is 1. The van der Waals surface area contributed by atoms with E-state index < -0.39 is 15.9 Å². The van der Waals surface area contributed by atoms with Crippen molar-refractivity contribution in [1.82, 2.24) is 0 Å². The van der Waals surface area contributed by atoms with Crippen LogP contribution < -0.4 is 15.8 Å². The van der Waals surface area contributed by atoms with Gasteiger partial charge in [-0.1, -0.05) is 6.07 Å². The number of nitrogens with one attached hydrogen (secondary N) is 1.